The monoisotopic (exact) mass is 444 g/mol. The maximum atomic E-state index is 9.23. The Kier molecular flexibility index (Phi) is 8.76. The Labute approximate surface area is 174 Å². The summed E-state index contributed by atoms with van der Waals surface area (Å²) in [5.74, 6) is 1.19. The first-order chi connectivity index (χ1) is 13.3. The highest BCUT2D eigenvalue weighted by molar-refractivity contribution is 5.99. The zero-order chi connectivity index (χ0) is 18.9. The van der Waals surface area contributed by atoms with Gasteiger partial charge in [-0.05, 0) is 36.4 Å². The zero-order valence-electron chi connectivity index (χ0n) is 15.5. The highest BCUT2D eigenvalue weighted by Crippen LogP contribution is 2.04. The molecule has 3 heterocycles. The molecule has 0 amide bonds. The number of halogens is 1. The maximum absolute atomic E-state index is 9.23. The number of hydrogen-bond donors (Lipinski definition) is 3. The molecule has 0 fully saturated rings. The van der Waals surface area contributed by atoms with Crippen LogP contribution in [-0.4, -0.2) is 48.1 Å². The number of hydrogen-bond acceptors (Lipinski definition) is 5. The predicted molar refractivity (Wildman–Crippen MR) is 103 cm³/mol. The lowest BCUT2D eigenvalue weighted by Gasteiger charge is -2.19. The summed E-state index contributed by atoms with van der Waals surface area (Å²) < 4.78 is 0. The molecule has 3 unspecified atom stereocenters. The van der Waals surface area contributed by atoms with Crippen LogP contribution < -0.4 is 26.8 Å². The first kappa shape index (κ1) is 21.7. The number of allylic oxidation sites excluding steroid dienone is 4. The van der Waals surface area contributed by atoms with Crippen LogP contribution in [-0.2, 0) is 0 Å². The van der Waals surface area contributed by atoms with E-state index in [2.05, 4.69) is 25.4 Å². The number of likely N-dealkylation sites (N-methyl/N-ethyl adjacent to an activating group) is 1. The molecule has 0 bridgehead atoms. The molecule has 8 nitrogen and oxygen atoms in total. The minimum atomic E-state index is -0.215. The van der Waals surface area contributed by atoms with Gasteiger partial charge in [-0.2, -0.15) is 0 Å². The van der Waals surface area contributed by atoms with Crippen LogP contribution in [0.15, 0.2) is 93.8 Å². The van der Waals surface area contributed by atoms with E-state index < -0.39 is 0 Å². The summed E-state index contributed by atoms with van der Waals surface area (Å²) in [6.45, 7) is 0.632. The Bertz CT molecular complexity index is 843. The lowest BCUT2D eigenvalue weighted by atomic mass is 10.2. The first-order valence-electron chi connectivity index (χ1n) is 8.75. The molecule has 0 aromatic carbocycles. The molecule has 3 atom stereocenters. The molecule has 0 saturated carbocycles. The van der Waals surface area contributed by atoms with E-state index in [4.69, 9.17) is 0 Å². The molecular weight excluding hydrogens is 422 g/mol. The second-order valence-electron chi connectivity index (χ2n) is 6.00. The second kappa shape index (κ2) is 11.3. The molecule has 28 heavy (non-hydrogen) atoms. The van der Waals surface area contributed by atoms with Crippen molar-refractivity contribution >= 4 is 11.7 Å². The van der Waals surface area contributed by atoms with E-state index in [1.165, 1.54) is 0 Å². The van der Waals surface area contributed by atoms with Crippen LogP contribution in [0.25, 0.3) is 0 Å². The Morgan fingerprint density at radius 3 is 2.68 bits per heavy atom. The van der Waals surface area contributed by atoms with Crippen molar-refractivity contribution in [2.75, 3.05) is 20.2 Å². The molecule has 3 N–H and O–H groups in total. The normalized spacial score (nSPS) is 25.4. The van der Waals surface area contributed by atoms with Gasteiger partial charge in [-0.3, -0.25) is 14.8 Å². The second-order valence-corrected chi connectivity index (χ2v) is 6.00. The van der Waals surface area contributed by atoms with Crippen molar-refractivity contribution in [2.45, 2.75) is 6.17 Å². The van der Waals surface area contributed by atoms with E-state index in [9.17, 15) is 5.11 Å². The van der Waals surface area contributed by atoms with Crippen LogP contribution in [0.3, 0.4) is 0 Å². The topological polar surface area (TPSA) is 91.4 Å². The van der Waals surface area contributed by atoms with E-state index >= 15 is 0 Å². The fraction of sp³-hybridized carbons (Fsp3) is 0.211. The summed E-state index contributed by atoms with van der Waals surface area (Å²) in [4.78, 5) is 6.08. The Morgan fingerprint density at radius 2 is 1.93 bits per heavy atom. The number of amidine groups is 2. The van der Waals surface area contributed by atoms with Crippen molar-refractivity contribution in [1.82, 2.24) is 4.98 Å². The molecule has 0 aliphatic carbocycles. The fourth-order valence-electron chi connectivity index (χ4n) is 2.57. The highest BCUT2D eigenvalue weighted by Gasteiger charge is 2.18. The van der Waals surface area contributed by atoms with Gasteiger partial charge in [-0.15, -0.1) is 15.3 Å². The summed E-state index contributed by atoms with van der Waals surface area (Å²) in [7, 11) is 1.98. The number of aromatic nitrogens is 1. The smallest absolute Gasteiger partial charge is 0.249 e. The van der Waals surface area contributed by atoms with Crippen LogP contribution in [0, 0.1) is 0 Å². The van der Waals surface area contributed by atoms with Gasteiger partial charge in [0.2, 0.25) is 17.8 Å². The van der Waals surface area contributed by atoms with Gasteiger partial charge in [0, 0.05) is 24.0 Å². The summed E-state index contributed by atoms with van der Waals surface area (Å²) in [6, 6.07) is 3.64. The molecule has 0 spiro atoms. The lowest BCUT2D eigenvalue weighted by molar-refractivity contribution is -0.867. The molecule has 3 rings (SSSR count). The molecule has 0 saturated heterocycles. The Balaban J connectivity index is 0.00000280. The quantitative estimate of drug-likeness (QED) is 0.190. The SMILES string of the molecule is C[NH+]1C=CC=C/C1=N\N=C(\N=NC1C=CC=C[NH+]1CCO)c1ccncc1.[Br-]. The van der Waals surface area contributed by atoms with Gasteiger partial charge in [0.25, 0.3) is 0 Å². The predicted octanol–water partition coefficient (Wildman–Crippen LogP) is -3.52. The number of nitrogens with zero attached hydrogens (tertiary/aromatic N) is 5. The van der Waals surface area contributed by atoms with Crippen molar-refractivity contribution in [2.24, 2.45) is 20.4 Å². The van der Waals surface area contributed by atoms with Crippen molar-refractivity contribution in [3.63, 3.8) is 0 Å². The van der Waals surface area contributed by atoms with Crippen molar-refractivity contribution in [3.05, 3.63) is 78.9 Å². The number of pyridine rings is 1. The maximum Gasteiger partial charge on any atom is 0.249 e. The van der Waals surface area contributed by atoms with E-state index in [-0.39, 0.29) is 29.8 Å². The Morgan fingerprint density at radius 1 is 1.14 bits per heavy atom. The van der Waals surface area contributed by atoms with Crippen LogP contribution in [0.5, 0.6) is 0 Å². The lowest BCUT2D eigenvalue weighted by Crippen LogP contribution is -3.11. The molecule has 146 valence electrons. The summed E-state index contributed by atoms with van der Waals surface area (Å²) >= 11 is 0. The number of azo groups is 1. The number of aliphatic hydroxyl groups is 1. The number of quaternary nitrogens is 2. The average Bonchev–Trinajstić information content (AvgIpc) is 2.71. The molecule has 0 radical (unpaired) electrons. The molecule has 1 aromatic heterocycles. The summed E-state index contributed by atoms with van der Waals surface area (Å²) in [6.07, 6.45) is 18.7. The van der Waals surface area contributed by atoms with E-state index in [1.807, 2.05) is 68.0 Å². The summed E-state index contributed by atoms with van der Waals surface area (Å²) in [5.41, 5.74) is 0.783. The van der Waals surface area contributed by atoms with Gasteiger partial charge in [-0.1, -0.05) is 11.2 Å². The standard InChI is InChI=1S/C19H21N7O.BrH/c1-25-12-4-2-6-17(25)21-23-19(16-8-10-20-11-9-16)24-22-18-7-3-5-13-26(18)14-15-27;/h2-13,18,27H,14-15H2,1H3;1H/p+1/b21-17+,23-19+,24-22?;. The third-order valence-corrected chi connectivity index (χ3v) is 4.08. The van der Waals surface area contributed by atoms with Gasteiger partial charge in [0.05, 0.1) is 19.9 Å². The third kappa shape index (κ3) is 5.96. The van der Waals surface area contributed by atoms with Gasteiger partial charge in [0.15, 0.2) is 0 Å². The van der Waals surface area contributed by atoms with Crippen LogP contribution >= 0.6 is 0 Å². The Hall–Kier alpha value is -2.59. The van der Waals surface area contributed by atoms with Gasteiger partial charge in [-0.25, -0.2) is 0 Å². The van der Waals surface area contributed by atoms with E-state index in [0.717, 1.165) is 21.2 Å². The zero-order valence-corrected chi connectivity index (χ0v) is 17.1. The molecule has 2 aliphatic rings. The van der Waals surface area contributed by atoms with E-state index in [1.54, 1.807) is 12.4 Å². The van der Waals surface area contributed by atoms with Gasteiger partial charge in [0.1, 0.15) is 12.7 Å². The molecule has 2 aliphatic heterocycles. The van der Waals surface area contributed by atoms with Crippen LogP contribution in [0.1, 0.15) is 5.56 Å². The minimum Gasteiger partial charge on any atom is -1.00 e. The van der Waals surface area contributed by atoms with Gasteiger partial charge < -0.3 is 22.1 Å². The minimum absolute atomic E-state index is 0. The first-order valence-corrected chi connectivity index (χ1v) is 8.75. The average molecular weight is 445 g/mol. The number of rotatable bonds is 5. The number of nitrogens with one attached hydrogen (secondary N) is 2. The fourth-order valence-corrected chi connectivity index (χ4v) is 2.57. The largest absolute Gasteiger partial charge is 1.00 e. The van der Waals surface area contributed by atoms with Crippen molar-refractivity contribution in [3.8, 4) is 0 Å². The highest BCUT2D eigenvalue weighted by atomic mass is 79.9. The summed E-state index contributed by atoms with van der Waals surface area (Å²) in [5, 5.41) is 26.7. The number of aliphatic hydroxyl groups excluding tert-OH is 1. The third-order valence-electron chi connectivity index (χ3n) is 4.08. The van der Waals surface area contributed by atoms with E-state index in [0.29, 0.717) is 12.4 Å². The molecule has 1 aromatic rings. The van der Waals surface area contributed by atoms with Crippen LogP contribution in [0.2, 0.25) is 0 Å². The van der Waals surface area contributed by atoms with Gasteiger partial charge >= 0.3 is 0 Å². The molecular formula is C19H23BrN7O+. The van der Waals surface area contributed by atoms with Crippen molar-refractivity contribution < 1.29 is 31.9 Å². The van der Waals surface area contributed by atoms with Crippen molar-refractivity contribution in [1.29, 1.82) is 0 Å². The van der Waals surface area contributed by atoms with Crippen LogP contribution in [0.4, 0.5) is 0 Å². The molecule has 9 heteroatoms.